The van der Waals surface area contributed by atoms with E-state index in [4.69, 9.17) is 19.6 Å². The van der Waals surface area contributed by atoms with E-state index in [1.54, 1.807) is 13.3 Å². The minimum atomic E-state index is 0.418. The van der Waals surface area contributed by atoms with Gasteiger partial charge in [0.15, 0.2) is 5.65 Å². The maximum absolute atomic E-state index is 6.08. The van der Waals surface area contributed by atoms with Gasteiger partial charge in [0, 0.05) is 17.7 Å². The number of aromatic amines is 1. The van der Waals surface area contributed by atoms with E-state index >= 15 is 0 Å². The monoisotopic (exact) mass is 495 g/mol. The molecule has 5 aromatic rings. The second kappa shape index (κ2) is 10.0. The fourth-order valence-electron chi connectivity index (χ4n) is 5.30. The van der Waals surface area contributed by atoms with E-state index in [0.717, 1.165) is 57.8 Å². The number of nitrogens with zero attached hydrogens (tertiary/aromatic N) is 6. The molecule has 0 atom stereocenters. The first-order chi connectivity index (χ1) is 18.2. The highest BCUT2D eigenvalue weighted by atomic mass is 16.5. The average Bonchev–Trinajstić information content (AvgIpc) is 3.62. The minimum Gasteiger partial charge on any atom is -0.496 e. The molecule has 1 fully saturated rings. The Hall–Kier alpha value is -4.27. The molecule has 9 heteroatoms. The fourth-order valence-corrected chi connectivity index (χ4v) is 5.30. The van der Waals surface area contributed by atoms with Gasteiger partial charge in [0.2, 0.25) is 5.82 Å². The van der Waals surface area contributed by atoms with E-state index in [9.17, 15) is 0 Å². The number of aromatic nitrogens is 7. The van der Waals surface area contributed by atoms with Crippen molar-refractivity contribution in [1.29, 1.82) is 0 Å². The Bertz CT molecular complexity index is 1500. The summed E-state index contributed by atoms with van der Waals surface area (Å²) in [6.45, 7) is 2.54. The van der Waals surface area contributed by atoms with Gasteiger partial charge in [-0.25, -0.2) is 9.50 Å². The number of hydrogen-bond acceptors (Lipinski definition) is 7. The Morgan fingerprint density at radius 2 is 1.84 bits per heavy atom. The Morgan fingerprint density at radius 1 is 1.00 bits per heavy atom. The summed E-state index contributed by atoms with van der Waals surface area (Å²) in [7, 11) is 1.69. The Morgan fingerprint density at radius 3 is 2.57 bits per heavy atom. The van der Waals surface area contributed by atoms with Crippen LogP contribution in [-0.2, 0) is 6.61 Å². The van der Waals surface area contributed by atoms with Crippen LogP contribution in [0.25, 0.3) is 28.2 Å². The lowest BCUT2D eigenvalue weighted by atomic mass is 9.84. The van der Waals surface area contributed by atoms with E-state index in [2.05, 4.69) is 38.8 Å². The smallest absolute Gasteiger partial charge is 0.210 e. The van der Waals surface area contributed by atoms with Crippen molar-refractivity contribution < 1.29 is 9.47 Å². The molecule has 0 bridgehead atoms. The van der Waals surface area contributed by atoms with E-state index < -0.39 is 0 Å². The van der Waals surface area contributed by atoms with Crippen molar-refractivity contribution in [3.05, 3.63) is 71.7 Å². The SMILES string of the molecule is COc1ccc(COc2ccc(-c3cnc4c(-c5nn[nH]n5)cnn4c3C3CCCCC3)cc2)cc1C. The van der Waals surface area contributed by atoms with Crippen molar-refractivity contribution in [3.8, 4) is 34.0 Å². The molecule has 2 aromatic carbocycles. The standard InChI is InChI=1S/C28H29N7O2/c1-18-14-19(8-13-25(18)36-2)17-37-22-11-9-20(10-12-22)23-15-29-28-24(27-31-33-34-32-27)16-30-35(28)26(23)21-6-4-3-5-7-21/h8-16,21H,3-7,17H2,1-2H3,(H,31,32,33,34). The van der Waals surface area contributed by atoms with Crippen molar-refractivity contribution in [1.82, 2.24) is 35.2 Å². The highest BCUT2D eigenvalue weighted by molar-refractivity contribution is 5.75. The molecule has 9 nitrogen and oxygen atoms in total. The predicted molar refractivity (Wildman–Crippen MR) is 139 cm³/mol. The van der Waals surface area contributed by atoms with Crippen LogP contribution >= 0.6 is 0 Å². The molecule has 0 spiro atoms. The minimum absolute atomic E-state index is 0.418. The van der Waals surface area contributed by atoms with Gasteiger partial charge in [-0.2, -0.15) is 10.3 Å². The van der Waals surface area contributed by atoms with Crippen molar-refractivity contribution in [2.45, 2.75) is 51.6 Å². The summed E-state index contributed by atoms with van der Waals surface area (Å²) in [5.41, 5.74) is 7.11. The van der Waals surface area contributed by atoms with Gasteiger partial charge in [-0.1, -0.05) is 37.5 Å². The van der Waals surface area contributed by atoms with Gasteiger partial charge >= 0.3 is 0 Å². The molecule has 0 amide bonds. The molecule has 1 N–H and O–H groups in total. The van der Waals surface area contributed by atoms with Crippen LogP contribution in [0, 0.1) is 6.92 Å². The lowest BCUT2D eigenvalue weighted by Gasteiger charge is -2.25. The number of nitrogens with one attached hydrogen (secondary N) is 1. The average molecular weight is 496 g/mol. The summed E-state index contributed by atoms with van der Waals surface area (Å²) >= 11 is 0. The third kappa shape index (κ3) is 4.52. The number of benzene rings is 2. The van der Waals surface area contributed by atoms with Crippen LogP contribution < -0.4 is 9.47 Å². The van der Waals surface area contributed by atoms with Gasteiger partial charge in [0.05, 0.1) is 24.6 Å². The zero-order valence-electron chi connectivity index (χ0n) is 21.0. The van der Waals surface area contributed by atoms with Crippen LogP contribution in [-0.4, -0.2) is 42.3 Å². The number of ether oxygens (including phenoxy) is 2. The molecule has 1 aliphatic rings. The summed E-state index contributed by atoms with van der Waals surface area (Å²) in [6, 6.07) is 14.4. The first kappa shape index (κ1) is 23.1. The number of hydrogen-bond donors (Lipinski definition) is 1. The first-order valence-electron chi connectivity index (χ1n) is 12.7. The van der Waals surface area contributed by atoms with Crippen LogP contribution in [0.15, 0.2) is 54.9 Å². The second-order valence-electron chi connectivity index (χ2n) is 9.54. The van der Waals surface area contributed by atoms with Crippen molar-refractivity contribution >= 4 is 5.65 Å². The third-order valence-corrected chi connectivity index (χ3v) is 7.17. The van der Waals surface area contributed by atoms with Gasteiger partial charge in [0.25, 0.3) is 0 Å². The second-order valence-corrected chi connectivity index (χ2v) is 9.54. The first-order valence-corrected chi connectivity index (χ1v) is 12.7. The summed E-state index contributed by atoms with van der Waals surface area (Å²) < 4.78 is 13.4. The van der Waals surface area contributed by atoms with Crippen LogP contribution in [0.3, 0.4) is 0 Å². The van der Waals surface area contributed by atoms with E-state index in [1.165, 1.54) is 25.0 Å². The van der Waals surface area contributed by atoms with Gasteiger partial charge in [-0.05, 0) is 65.9 Å². The Kier molecular flexibility index (Phi) is 6.26. The zero-order chi connectivity index (χ0) is 25.2. The van der Waals surface area contributed by atoms with E-state index in [1.807, 2.05) is 41.9 Å². The topological polar surface area (TPSA) is 103 Å². The molecule has 0 saturated heterocycles. The molecular formula is C28H29N7O2. The number of aryl methyl sites for hydroxylation is 1. The normalized spacial score (nSPS) is 14.2. The Labute approximate surface area is 214 Å². The molecule has 6 rings (SSSR count). The van der Waals surface area contributed by atoms with Crippen molar-refractivity contribution in [2.75, 3.05) is 7.11 Å². The number of rotatable bonds is 7. The van der Waals surface area contributed by atoms with Crippen molar-refractivity contribution in [3.63, 3.8) is 0 Å². The summed E-state index contributed by atoms with van der Waals surface area (Å²) in [4.78, 5) is 4.79. The number of methoxy groups -OCH3 is 1. The van der Waals surface area contributed by atoms with Crippen LogP contribution in [0.4, 0.5) is 0 Å². The molecular weight excluding hydrogens is 466 g/mol. The van der Waals surface area contributed by atoms with Gasteiger partial charge in [-0.15, -0.1) is 10.2 Å². The molecule has 0 unspecified atom stereocenters. The molecule has 1 aliphatic carbocycles. The molecule has 188 valence electrons. The maximum atomic E-state index is 6.08. The van der Waals surface area contributed by atoms with Crippen molar-refractivity contribution in [2.24, 2.45) is 0 Å². The molecule has 3 aromatic heterocycles. The summed E-state index contributed by atoms with van der Waals surface area (Å²) in [5, 5.41) is 19.2. The van der Waals surface area contributed by atoms with E-state index in [-0.39, 0.29) is 0 Å². The molecule has 3 heterocycles. The largest absolute Gasteiger partial charge is 0.496 e. The number of fused-ring (bicyclic) bond motifs is 1. The lowest BCUT2D eigenvalue weighted by Crippen LogP contribution is -2.12. The molecule has 37 heavy (non-hydrogen) atoms. The van der Waals surface area contributed by atoms with Gasteiger partial charge in [-0.3, -0.25) is 0 Å². The maximum Gasteiger partial charge on any atom is 0.210 e. The van der Waals surface area contributed by atoms with Gasteiger partial charge < -0.3 is 9.47 Å². The summed E-state index contributed by atoms with van der Waals surface area (Å²) in [5.74, 6) is 2.62. The number of H-pyrrole nitrogens is 1. The summed E-state index contributed by atoms with van der Waals surface area (Å²) in [6.07, 6.45) is 9.77. The fraction of sp³-hybridized carbons (Fsp3) is 0.321. The van der Waals surface area contributed by atoms with Crippen LogP contribution in [0.1, 0.15) is 54.8 Å². The third-order valence-electron chi connectivity index (χ3n) is 7.17. The lowest BCUT2D eigenvalue weighted by molar-refractivity contribution is 0.306. The van der Waals surface area contributed by atoms with Gasteiger partial charge in [0.1, 0.15) is 18.1 Å². The molecule has 1 saturated carbocycles. The quantitative estimate of drug-likeness (QED) is 0.317. The Balaban J connectivity index is 1.31. The molecule has 0 aliphatic heterocycles. The highest BCUT2D eigenvalue weighted by Gasteiger charge is 2.25. The van der Waals surface area contributed by atoms with Crippen LogP contribution in [0.2, 0.25) is 0 Å². The van der Waals surface area contributed by atoms with Crippen LogP contribution in [0.5, 0.6) is 11.5 Å². The number of tetrazole rings is 1. The molecule has 0 radical (unpaired) electrons. The zero-order valence-corrected chi connectivity index (χ0v) is 21.0. The predicted octanol–water partition coefficient (Wildman–Crippen LogP) is 5.52. The van der Waals surface area contributed by atoms with E-state index in [0.29, 0.717) is 18.3 Å². The highest BCUT2D eigenvalue weighted by Crippen LogP contribution is 2.39.